The van der Waals surface area contributed by atoms with Gasteiger partial charge in [0, 0.05) is 6.54 Å². The van der Waals surface area contributed by atoms with Crippen LogP contribution in [0.4, 0.5) is 0 Å². The highest BCUT2D eigenvalue weighted by atomic mass is 15.4. The molecule has 1 heterocycles. The zero-order chi connectivity index (χ0) is 6.91. The fourth-order valence-electron chi connectivity index (χ4n) is 1.42. The van der Waals surface area contributed by atoms with Crippen molar-refractivity contribution in [2.24, 2.45) is 11.7 Å². The maximum atomic E-state index is 5.47. The summed E-state index contributed by atoms with van der Waals surface area (Å²) in [4.78, 5) is 0. The van der Waals surface area contributed by atoms with E-state index in [4.69, 9.17) is 5.73 Å². The minimum atomic E-state index is 0.744. The zero-order valence-electron chi connectivity index (χ0n) is 6.01. The fourth-order valence-corrected chi connectivity index (χ4v) is 1.42. The van der Waals surface area contributed by atoms with Crippen molar-refractivity contribution in [3.63, 3.8) is 0 Å². The predicted molar refractivity (Wildman–Crippen MR) is 38.7 cm³/mol. The average molecular weight is 127 g/mol. The lowest BCUT2D eigenvalue weighted by atomic mass is 9.98. The standard InChI is InChI=1S/C7H15N2/c1-3-9(2)5-7(4-8)6-9/h3,7H,1,4-6,8H2,2H3/q+1. The van der Waals surface area contributed by atoms with Crippen molar-refractivity contribution >= 4 is 0 Å². The van der Waals surface area contributed by atoms with Gasteiger partial charge in [-0.3, -0.25) is 4.48 Å². The lowest BCUT2D eigenvalue weighted by Crippen LogP contribution is -2.59. The molecule has 0 bridgehead atoms. The second-order valence-electron chi connectivity index (χ2n) is 3.13. The summed E-state index contributed by atoms with van der Waals surface area (Å²) in [5.41, 5.74) is 5.47. The molecule has 0 atom stereocenters. The lowest BCUT2D eigenvalue weighted by molar-refractivity contribution is -0.909. The molecule has 0 spiro atoms. The molecule has 2 nitrogen and oxygen atoms in total. The summed E-state index contributed by atoms with van der Waals surface area (Å²) in [6.45, 7) is 6.95. The Balaban J connectivity index is 2.32. The minimum absolute atomic E-state index is 0.744. The smallest absolute Gasteiger partial charge is 0.0922 e. The minimum Gasteiger partial charge on any atom is -0.330 e. The monoisotopic (exact) mass is 127 g/mol. The van der Waals surface area contributed by atoms with Crippen molar-refractivity contribution in [1.82, 2.24) is 0 Å². The van der Waals surface area contributed by atoms with Crippen LogP contribution in [0.25, 0.3) is 0 Å². The molecule has 0 unspecified atom stereocenters. The molecule has 2 heteroatoms. The molecule has 0 amide bonds. The molecule has 0 aliphatic carbocycles. The maximum absolute atomic E-state index is 5.47. The summed E-state index contributed by atoms with van der Waals surface area (Å²) in [7, 11) is 2.18. The van der Waals surface area contributed by atoms with Crippen LogP contribution in [0.5, 0.6) is 0 Å². The molecule has 0 aromatic heterocycles. The van der Waals surface area contributed by atoms with Gasteiger partial charge in [-0.2, -0.15) is 0 Å². The molecule has 0 saturated carbocycles. The van der Waals surface area contributed by atoms with Crippen molar-refractivity contribution in [2.75, 3.05) is 26.7 Å². The first-order chi connectivity index (χ1) is 4.20. The Bertz CT molecular complexity index is 114. The molecule has 1 saturated heterocycles. The molecular formula is C7H15N2+. The first-order valence-corrected chi connectivity index (χ1v) is 3.38. The third-order valence-electron chi connectivity index (χ3n) is 2.12. The van der Waals surface area contributed by atoms with E-state index in [1.165, 1.54) is 13.1 Å². The van der Waals surface area contributed by atoms with E-state index in [-0.39, 0.29) is 0 Å². The van der Waals surface area contributed by atoms with Crippen molar-refractivity contribution in [1.29, 1.82) is 0 Å². The molecule has 1 fully saturated rings. The second-order valence-corrected chi connectivity index (χ2v) is 3.13. The van der Waals surface area contributed by atoms with E-state index in [0.717, 1.165) is 16.9 Å². The molecule has 1 aliphatic heterocycles. The van der Waals surface area contributed by atoms with Gasteiger partial charge < -0.3 is 5.73 Å². The number of rotatable bonds is 2. The molecule has 52 valence electrons. The van der Waals surface area contributed by atoms with Gasteiger partial charge >= 0.3 is 0 Å². The van der Waals surface area contributed by atoms with Crippen LogP contribution in [-0.2, 0) is 0 Å². The lowest BCUT2D eigenvalue weighted by Gasteiger charge is -2.44. The van der Waals surface area contributed by atoms with Gasteiger partial charge in [-0.25, -0.2) is 0 Å². The number of hydrogen-bond donors (Lipinski definition) is 1. The van der Waals surface area contributed by atoms with Gasteiger partial charge in [0.15, 0.2) is 0 Å². The number of nitrogens with two attached hydrogens (primary N) is 1. The van der Waals surface area contributed by atoms with Gasteiger partial charge in [0.1, 0.15) is 0 Å². The van der Waals surface area contributed by atoms with Crippen LogP contribution in [0.2, 0.25) is 0 Å². The Hall–Kier alpha value is -0.340. The van der Waals surface area contributed by atoms with Crippen molar-refractivity contribution in [3.05, 3.63) is 12.8 Å². The molecule has 9 heavy (non-hydrogen) atoms. The molecule has 2 N–H and O–H groups in total. The Morgan fingerprint density at radius 1 is 1.78 bits per heavy atom. The van der Waals surface area contributed by atoms with Gasteiger partial charge in [0.05, 0.1) is 32.3 Å². The van der Waals surface area contributed by atoms with Crippen LogP contribution < -0.4 is 5.73 Å². The number of hydrogen-bond acceptors (Lipinski definition) is 1. The molecular weight excluding hydrogens is 112 g/mol. The molecule has 0 aromatic rings. The highest BCUT2D eigenvalue weighted by Gasteiger charge is 2.36. The van der Waals surface area contributed by atoms with Gasteiger partial charge in [0.25, 0.3) is 0 Å². The predicted octanol–water partition coefficient (Wildman–Crippen LogP) is 0.165. The number of likely N-dealkylation sites (tertiary alicyclic amines) is 1. The first-order valence-electron chi connectivity index (χ1n) is 3.38. The zero-order valence-corrected chi connectivity index (χ0v) is 6.01. The molecule has 0 aromatic carbocycles. The Labute approximate surface area is 56.5 Å². The van der Waals surface area contributed by atoms with Gasteiger partial charge in [-0.1, -0.05) is 0 Å². The third-order valence-corrected chi connectivity index (χ3v) is 2.12. The van der Waals surface area contributed by atoms with E-state index in [1.807, 2.05) is 6.20 Å². The topological polar surface area (TPSA) is 26.0 Å². The largest absolute Gasteiger partial charge is 0.330 e. The molecule has 0 radical (unpaired) electrons. The molecule has 1 aliphatic rings. The number of quaternary nitrogens is 1. The highest BCUT2D eigenvalue weighted by molar-refractivity contribution is 4.72. The Morgan fingerprint density at radius 2 is 2.33 bits per heavy atom. The maximum Gasteiger partial charge on any atom is 0.0922 e. The van der Waals surface area contributed by atoms with Crippen molar-refractivity contribution in [3.8, 4) is 0 Å². The fraction of sp³-hybridized carbons (Fsp3) is 0.714. The van der Waals surface area contributed by atoms with Crippen LogP contribution in [-0.4, -0.2) is 31.2 Å². The summed E-state index contributed by atoms with van der Waals surface area (Å²) < 4.78 is 1.00. The SMILES string of the molecule is C=C[N+]1(C)CC(CN)C1. The summed E-state index contributed by atoms with van der Waals surface area (Å²) in [6, 6.07) is 0. The van der Waals surface area contributed by atoms with Crippen LogP contribution in [0.1, 0.15) is 0 Å². The van der Waals surface area contributed by atoms with E-state index >= 15 is 0 Å². The van der Waals surface area contributed by atoms with Gasteiger partial charge in [-0.15, -0.1) is 0 Å². The summed E-state index contributed by atoms with van der Waals surface area (Å²) in [6.07, 6.45) is 1.99. The van der Waals surface area contributed by atoms with Gasteiger partial charge in [0.2, 0.25) is 0 Å². The van der Waals surface area contributed by atoms with Crippen LogP contribution in [0.3, 0.4) is 0 Å². The van der Waals surface area contributed by atoms with Gasteiger partial charge in [-0.05, 0) is 6.58 Å². The highest BCUT2D eigenvalue weighted by Crippen LogP contribution is 2.21. The van der Waals surface area contributed by atoms with E-state index in [9.17, 15) is 0 Å². The van der Waals surface area contributed by atoms with E-state index in [0.29, 0.717) is 0 Å². The van der Waals surface area contributed by atoms with Crippen LogP contribution in [0, 0.1) is 5.92 Å². The van der Waals surface area contributed by atoms with Crippen molar-refractivity contribution in [2.45, 2.75) is 0 Å². The summed E-state index contributed by atoms with van der Waals surface area (Å²) in [5, 5.41) is 0. The second kappa shape index (κ2) is 2.12. The average Bonchev–Trinajstić information content (AvgIpc) is 1.81. The molecule has 1 rings (SSSR count). The van der Waals surface area contributed by atoms with Crippen LogP contribution in [0.15, 0.2) is 12.8 Å². The number of nitrogens with zero attached hydrogens (tertiary/aromatic N) is 1. The third kappa shape index (κ3) is 1.14. The normalized spacial score (nSPS) is 41.8. The van der Waals surface area contributed by atoms with E-state index in [1.54, 1.807) is 0 Å². The first kappa shape index (κ1) is 6.78. The van der Waals surface area contributed by atoms with Crippen molar-refractivity contribution < 1.29 is 4.48 Å². The van der Waals surface area contributed by atoms with E-state index < -0.39 is 0 Å². The summed E-state index contributed by atoms with van der Waals surface area (Å²) in [5.74, 6) is 0.744. The summed E-state index contributed by atoms with van der Waals surface area (Å²) >= 11 is 0. The van der Waals surface area contributed by atoms with Crippen LogP contribution >= 0.6 is 0 Å². The Kier molecular flexibility index (Phi) is 1.60. The van der Waals surface area contributed by atoms with E-state index in [2.05, 4.69) is 13.6 Å². The Morgan fingerprint density at radius 3 is 2.67 bits per heavy atom. The quantitative estimate of drug-likeness (QED) is 0.526.